The van der Waals surface area contributed by atoms with Crippen molar-refractivity contribution < 1.29 is 5.11 Å². The van der Waals surface area contributed by atoms with Crippen molar-refractivity contribution in [2.45, 2.75) is 50.5 Å². The monoisotopic (exact) mass is 257 g/mol. The minimum absolute atomic E-state index is 0.0894. The van der Waals surface area contributed by atoms with Crippen molar-refractivity contribution >= 4 is 11.0 Å². The van der Waals surface area contributed by atoms with Gasteiger partial charge in [0.15, 0.2) is 5.65 Å². The van der Waals surface area contributed by atoms with Gasteiger partial charge in [0.05, 0.1) is 12.3 Å². The first kappa shape index (κ1) is 11.4. The fourth-order valence-corrected chi connectivity index (χ4v) is 3.95. The molecule has 3 unspecified atom stereocenters. The molecule has 0 aliphatic heterocycles. The number of nitrogens with one attached hydrogen (secondary N) is 1. The Labute approximate surface area is 112 Å². The predicted octanol–water partition coefficient (Wildman–Crippen LogP) is 2.54. The van der Waals surface area contributed by atoms with Crippen LogP contribution in [0.2, 0.25) is 0 Å². The highest BCUT2D eigenvalue weighted by atomic mass is 16.3. The van der Waals surface area contributed by atoms with Crippen molar-refractivity contribution in [2.24, 2.45) is 5.92 Å². The van der Waals surface area contributed by atoms with E-state index in [-0.39, 0.29) is 6.10 Å². The Morgan fingerprint density at radius 3 is 3.16 bits per heavy atom. The van der Waals surface area contributed by atoms with Gasteiger partial charge in [-0.2, -0.15) is 5.10 Å². The van der Waals surface area contributed by atoms with Crippen LogP contribution in [0.15, 0.2) is 12.3 Å². The van der Waals surface area contributed by atoms with E-state index in [2.05, 4.69) is 16.3 Å². The molecular formula is C15H19N3O. The van der Waals surface area contributed by atoms with Gasteiger partial charge in [-0.05, 0) is 62.0 Å². The molecular weight excluding hydrogens is 238 g/mol. The zero-order valence-corrected chi connectivity index (χ0v) is 11.0. The SMILES string of the molecule is OC1CCC2c3cc4cn[nH]c4nc3CCCC2C1. The second-order valence-electron chi connectivity index (χ2n) is 6.06. The third kappa shape index (κ3) is 1.86. The summed E-state index contributed by atoms with van der Waals surface area (Å²) in [5, 5.41) is 18.1. The summed E-state index contributed by atoms with van der Waals surface area (Å²) in [6.45, 7) is 0. The van der Waals surface area contributed by atoms with Gasteiger partial charge in [0.2, 0.25) is 0 Å². The molecule has 100 valence electrons. The molecule has 3 atom stereocenters. The first-order chi connectivity index (χ1) is 9.31. The van der Waals surface area contributed by atoms with Crippen LogP contribution in [0.3, 0.4) is 0 Å². The average molecular weight is 257 g/mol. The molecule has 4 nitrogen and oxygen atoms in total. The summed E-state index contributed by atoms with van der Waals surface area (Å²) in [4.78, 5) is 4.77. The van der Waals surface area contributed by atoms with Gasteiger partial charge >= 0.3 is 0 Å². The van der Waals surface area contributed by atoms with Crippen molar-refractivity contribution in [1.82, 2.24) is 15.2 Å². The number of aromatic amines is 1. The zero-order chi connectivity index (χ0) is 12.8. The molecule has 19 heavy (non-hydrogen) atoms. The molecule has 1 fully saturated rings. The first-order valence-corrected chi connectivity index (χ1v) is 7.32. The molecule has 0 spiro atoms. The van der Waals surface area contributed by atoms with Crippen LogP contribution < -0.4 is 0 Å². The summed E-state index contributed by atoms with van der Waals surface area (Å²) < 4.78 is 0. The molecule has 1 saturated carbocycles. The van der Waals surface area contributed by atoms with Gasteiger partial charge in [-0.3, -0.25) is 5.10 Å². The van der Waals surface area contributed by atoms with Gasteiger partial charge in [-0.1, -0.05) is 0 Å². The Morgan fingerprint density at radius 1 is 1.26 bits per heavy atom. The van der Waals surface area contributed by atoms with Crippen molar-refractivity contribution in [3.05, 3.63) is 23.5 Å². The number of fused-ring (bicyclic) bond motifs is 4. The number of aryl methyl sites for hydroxylation is 1. The second-order valence-corrected chi connectivity index (χ2v) is 6.06. The van der Waals surface area contributed by atoms with Gasteiger partial charge in [-0.25, -0.2) is 4.98 Å². The number of aliphatic hydroxyl groups excluding tert-OH is 1. The lowest BCUT2D eigenvalue weighted by molar-refractivity contribution is 0.0867. The Morgan fingerprint density at radius 2 is 2.21 bits per heavy atom. The number of H-pyrrole nitrogens is 1. The van der Waals surface area contributed by atoms with E-state index in [1.54, 1.807) is 0 Å². The predicted molar refractivity (Wildman–Crippen MR) is 72.9 cm³/mol. The second kappa shape index (κ2) is 4.30. The highest BCUT2D eigenvalue weighted by Crippen LogP contribution is 2.44. The summed E-state index contributed by atoms with van der Waals surface area (Å²) >= 11 is 0. The smallest absolute Gasteiger partial charge is 0.155 e. The summed E-state index contributed by atoms with van der Waals surface area (Å²) in [7, 11) is 0. The van der Waals surface area contributed by atoms with E-state index >= 15 is 0 Å². The topological polar surface area (TPSA) is 61.8 Å². The number of pyridine rings is 1. The maximum absolute atomic E-state index is 9.90. The first-order valence-electron chi connectivity index (χ1n) is 7.32. The van der Waals surface area contributed by atoms with E-state index in [9.17, 15) is 5.11 Å². The number of aromatic nitrogens is 3. The van der Waals surface area contributed by atoms with Crippen LogP contribution >= 0.6 is 0 Å². The fraction of sp³-hybridized carbons (Fsp3) is 0.600. The van der Waals surface area contributed by atoms with E-state index in [0.717, 1.165) is 36.7 Å². The average Bonchev–Trinajstić information content (AvgIpc) is 2.78. The lowest BCUT2D eigenvalue weighted by atomic mass is 9.73. The molecule has 2 N–H and O–H groups in total. The van der Waals surface area contributed by atoms with E-state index in [1.165, 1.54) is 24.1 Å². The number of hydrogen-bond donors (Lipinski definition) is 2. The van der Waals surface area contributed by atoms with E-state index in [4.69, 9.17) is 4.98 Å². The molecule has 2 aromatic rings. The van der Waals surface area contributed by atoms with Crippen molar-refractivity contribution in [2.75, 3.05) is 0 Å². The Hall–Kier alpha value is -1.42. The van der Waals surface area contributed by atoms with Crippen LogP contribution in [-0.2, 0) is 6.42 Å². The lowest BCUT2D eigenvalue weighted by Gasteiger charge is -2.33. The number of hydrogen-bond acceptors (Lipinski definition) is 3. The highest BCUT2D eigenvalue weighted by Gasteiger charge is 2.34. The van der Waals surface area contributed by atoms with Crippen LogP contribution in [0, 0.1) is 5.92 Å². The van der Waals surface area contributed by atoms with Crippen LogP contribution in [0.4, 0.5) is 0 Å². The summed E-state index contributed by atoms with van der Waals surface area (Å²) in [5.74, 6) is 1.23. The molecule has 2 heterocycles. The molecule has 0 saturated heterocycles. The fourth-order valence-electron chi connectivity index (χ4n) is 3.95. The molecule has 4 rings (SSSR count). The number of aliphatic hydroxyl groups is 1. The van der Waals surface area contributed by atoms with Crippen LogP contribution in [0.25, 0.3) is 11.0 Å². The standard InChI is InChI=1S/C15H19N3O/c19-11-4-5-12-9(6-11)2-1-3-14-13(12)7-10-8-16-18-15(10)17-14/h7-9,11-12,19H,1-6H2,(H,16,17,18). The van der Waals surface area contributed by atoms with Gasteiger partial charge < -0.3 is 5.11 Å². The molecule has 2 aliphatic carbocycles. The quantitative estimate of drug-likeness (QED) is 0.762. The summed E-state index contributed by atoms with van der Waals surface area (Å²) in [5.41, 5.74) is 3.58. The van der Waals surface area contributed by atoms with Gasteiger partial charge in [0.1, 0.15) is 0 Å². The zero-order valence-electron chi connectivity index (χ0n) is 11.0. The molecule has 0 bridgehead atoms. The van der Waals surface area contributed by atoms with E-state index < -0.39 is 0 Å². The van der Waals surface area contributed by atoms with Crippen LogP contribution in [0.5, 0.6) is 0 Å². The summed E-state index contributed by atoms with van der Waals surface area (Å²) in [6.07, 6.45) is 8.25. The van der Waals surface area contributed by atoms with E-state index in [1.807, 2.05) is 6.20 Å². The Bertz CT molecular complexity index is 606. The van der Waals surface area contributed by atoms with Crippen LogP contribution in [0.1, 0.15) is 49.3 Å². The number of nitrogens with zero attached hydrogens (tertiary/aromatic N) is 2. The van der Waals surface area contributed by atoms with Crippen molar-refractivity contribution in [3.8, 4) is 0 Å². The molecule has 4 heteroatoms. The molecule has 0 aromatic carbocycles. The molecule has 0 amide bonds. The largest absolute Gasteiger partial charge is 0.393 e. The third-order valence-corrected chi connectivity index (χ3v) is 4.88. The maximum atomic E-state index is 9.90. The minimum Gasteiger partial charge on any atom is -0.393 e. The van der Waals surface area contributed by atoms with Gasteiger partial charge in [0.25, 0.3) is 0 Å². The molecule has 0 radical (unpaired) electrons. The highest BCUT2D eigenvalue weighted by molar-refractivity contribution is 5.75. The summed E-state index contributed by atoms with van der Waals surface area (Å²) in [6, 6.07) is 2.28. The van der Waals surface area contributed by atoms with Gasteiger partial charge in [0, 0.05) is 11.1 Å². The minimum atomic E-state index is -0.0894. The van der Waals surface area contributed by atoms with E-state index in [0.29, 0.717) is 11.8 Å². The Balaban J connectivity index is 1.82. The number of rotatable bonds is 0. The van der Waals surface area contributed by atoms with Crippen molar-refractivity contribution in [3.63, 3.8) is 0 Å². The molecule has 2 aliphatic rings. The van der Waals surface area contributed by atoms with Gasteiger partial charge in [-0.15, -0.1) is 0 Å². The Kier molecular flexibility index (Phi) is 2.58. The third-order valence-electron chi connectivity index (χ3n) is 4.88. The van der Waals surface area contributed by atoms with Crippen LogP contribution in [-0.4, -0.2) is 26.4 Å². The molecule has 2 aromatic heterocycles. The van der Waals surface area contributed by atoms with Crippen molar-refractivity contribution in [1.29, 1.82) is 0 Å². The normalized spacial score (nSPS) is 30.7. The lowest BCUT2D eigenvalue weighted by Crippen LogP contribution is -2.26. The maximum Gasteiger partial charge on any atom is 0.155 e.